The Hall–Kier alpha value is -1.13. The van der Waals surface area contributed by atoms with Crippen LogP contribution < -0.4 is 5.32 Å². The largest absolute Gasteiger partial charge is 0.396 e. The molecule has 1 aromatic carbocycles. The van der Waals surface area contributed by atoms with Crippen molar-refractivity contribution in [3.8, 4) is 0 Å². The van der Waals surface area contributed by atoms with Gasteiger partial charge in [0.05, 0.1) is 6.10 Å². The van der Waals surface area contributed by atoms with E-state index in [4.69, 9.17) is 9.84 Å². The molecule has 3 nitrogen and oxygen atoms in total. The number of halogens is 1. The molecule has 3 atom stereocenters. The minimum Gasteiger partial charge on any atom is -0.396 e. The Bertz CT molecular complexity index is 438. The molecule has 2 N–H and O–H groups in total. The number of nitrogens with one attached hydrogen (secondary N) is 1. The lowest BCUT2D eigenvalue weighted by molar-refractivity contribution is 0.0810. The molecule has 0 amide bonds. The van der Waals surface area contributed by atoms with E-state index in [9.17, 15) is 4.39 Å². The zero-order chi connectivity index (χ0) is 12.5. The van der Waals surface area contributed by atoms with Gasteiger partial charge in [0, 0.05) is 36.4 Å². The maximum absolute atomic E-state index is 13.3. The van der Waals surface area contributed by atoms with Gasteiger partial charge in [0.2, 0.25) is 0 Å². The third kappa shape index (κ3) is 1.99. The Kier molecular flexibility index (Phi) is 3.22. The van der Waals surface area contributed by atoms with E-state index >= 15 is 0 Å². The molecule has 18 heavy (non-hydrogen) atoms. The lowest BCUT2D eigenvalue weighted by atomic mass is 9.82. The maximum Gasteiger partial charge on any atom is 0.123 e. The lowest BCUT2D eigenvalue weighted by Crippen LogP contribution is -2.36. The minimum atomic E-state index is -0.210. The van der Waals surface area contributed by atoms with Crippen LogP contribution in [-0.4, -0.2) is 24.4 Å². The van der Waals surface area contributed by atoms with Crippen molar-refractivity contribution in [3.05, 3.63) is 29.6 Å². The number of fused-ring (bicyclic) bond motifs is 3. The predicted octanol–water partition coefficient (Wildman–Crippen LogP) is 2.47. The molecule has 2 aliphatic rings. The van der Waals surface area contributed by atoms with Crippen molar-refractivity contribution in [2.24, 2.45) is 5.92 Å². The first-order valence-corrected chi connectivity index (χ1v) is 6.58. The summed E-state index contributed by atoms with van der Waals surface area (Å²) >= 11 is 0. The van der Waals surface area contributed by atoms with Crippen LogP contribution >= 0.6 is 0 Å². The van der Waals surface area contributed by atoms with Crippen LogP contribution in [0, 0.1) is 11.7 Å². The van der Waals surface area contributed by atoms with Gasteiger partial charge in [-0.1, -0.05) is 0 Å². The van der Waals surface area contributed by atoms with Crippen LogP contribution in [0.25, 0.3) is 0 Å². The van der Waals surface area contributed by atoms with Crippen molar-refractivity contribution in [3.63, 3.8) is 0 Å². The van der Waals surface area contributed by atoms with Crippen LogP contribution in [0.4, 0.5) is 10.1 Å². The fraction of sp³-hybridized carbons (Fsp3) is 0.571. The summed E-state index contributed by atoms with van der Waals surface area (Å²) in [5.74, 6) is 0.185. The normalized spacial score (nSPS) is 29.6. The van der Waals surface area contributed by atoms with Crippen LogP contribution in [0.1, 0.15) is 30.9 Å². The fourth-order valence-electron chi connectivity index (χ4n) is 3.14. The topological polar surface area (TPSA) is 41.5 Å². The summed E-state index contributed by atoms with van der Waals surface area (Å²) in [6.45, 7) is 0.954. The SMILES string of the molecule is OCCC[C@@H]1Nc2ccc(F)cc2[C@@H]2OCC[C@H]12. The molecular weight excluding hydrogens is 233 g/mol. The number of aliphatic hydroxyl groups excluding tert-OH is 1. The monoisotopic (exact) mass is 251 g/mol. The van der Waals surface area contributed by atoms with Crippen LogP contribution in [0.15, 0.2) is 18.2 Å². The third-order valence-corrected chi connectivity index (χ3v) is 3.99. The fourth-order valence-corrected chi connectivity index (χ4v) is 3.14. The van der Waals surface area contributed by atoms with Gasteiger partial charge in [-0.05, 0) is 37.5 Å². The summed E-state index contributed by atoms with van der Waals surface area (Å²) in [5, 5.41) is 12.4. The number of hydrogen-bond acceptors (Lipinski definition) is 3. The molecule has 0 saturated carbocycles. The first kappa shape index (κ1) is 11.9. The summed E-state index contributed by atoms with van der Waals surface area (Å²) in [7, 11) is 0. The quantitative estimate of drug-likeness (QED) is 0.867. The van der Waals surface area contributed by atoms with Crippen LogP contribution in [0.3, 0.4) is 0 Å². The van der Waals surface area contributed by atoms with Gasteiger partial charge >= 0.3 is 0 Å². The van der Waals surface area contributed by atoms with E-state index < -0.39 is 0 Å². The molecular formula is C14H18FNO2. The Labute approximate surface area is 106 Å². The van der Waals surface area contributed by atoms with E-state index in [-0.39, 0.29) is 18.5 Å². The summed E-state index contributed by atoms with van der Waals surface area (Å²) in [4.78, 5) is 0. The number of hydrogen-bond donors (Lipinski definition) is 2. The maximum atomic E-state index is 13.3. The van der Waals surface area contributed by atoms with E-state index in [2.05, 4.69) is 5.32 Å². The van der Waals surface area contributed by atoms with Crippen LogP contribution in [-0.2, 0) is 4.74 Å². The Morgan fingerprint density at radius 2 is 2.33 bits per heavy atom. The number of anilines is 1. The molecule has 2 heterocycles. The van der Waals surface area contributed by atoms with Gasteiger partial charge in [0.25, 0.3) is 0 Å². The standard InChI is InChI=1S/C14H18FNO2/c15-9-3-4-13-11(8-9)14-10(5-7-18-14)12(16-13)2-1-6-17/h3-4,8,10,12,14,16-17H,1-2,5-7H2/t10-,12+,14-/m1/s1. The van der Waals surface area contributed by atoms with E-state index in [1.165, 1.54) is 6.07 Å². The molecule has 0 aliphatic carbocycles. The smallest absolute Gasteiger partial charge is 0.123 e. The zero-order valence-corrected chi connectivity index (χ0v) is 10.2. The number of aliphatic hydroxyl groups is 1. The van der Waals surface area contributed by atoms with Gasteiger partial charge in [-0.3, -0.25) is 0 Å². The highest BCUT2D eigenvalue weighted by molar-refractivity contribution is 5.56. The molecule has 0 unspecified atom stereocenters. The molecule has 1 saturated heterocycles. The molecule has 1 fully saturated rings. The molecule has 0 spiro atoms. The van der Waals surface area contributed by atoms with E-state index in [1.54, 1.807) is 12.1 Å². The van der Waals surface area contributed by atoms with Gasteiger partial charge < -0.3 is 15.2 Å². The number of benzene rings is 1. The summed E-state index contributed by atoms with van der Waals surface area (Å²) in [6, 6.07) is 5.16. The summed E-state index contributed by atoms with van der Waals surface area (Å²) < 4.78 is 19.1. The lowest BCUT2D eigenvalue weighted by Gasteiger charge is -2.36. The first-order chi connectivity index (χ1) is 8.79. The van der Waals surface area contributed by atoms with Gasteiger partial charge in [0.15, 0.2) is 0 Å². The Morgan fingerprint density at radius 3 is 3.17 bits per heavy atom. The molecule has 0 radical (unpaired) electrons. The van der Waals surface area contributed by atoms with Gasteiger partial charge in [0.1, 0.15) is 5.82 Å². The van der Waals surface area contributed by atoms with Crippen LogP contribution in [0.5, 0.6) is 0 Å². The Morgan fingerprint density at radius 1 is 1.44 bits per heavy atom. The highest BCUT2D eigenvalue weighted by Crippen LogP contribution is 2.45. The van der Waals surface area contributed by atoms with Crippen molar-refractivity contribution in [2.75, 3.05) is 18.5 Å². The predicted molar refractivity (Wildman–Crippen MR) is 66.9 cm³/mol. The molecule has 0 bridgehead atoms. The molecule has 2 aliphatic heterocycles. The number of rotatable bonds is 3. The highest BCUT2D eigenvalue weighted by Gasteiger charge is 2.40. The zero-order valence-electron chi connectivity index (χ0n) is 10.2. The molecule has 4 heteroatoms. The van der Waals surface area contributed by atoms with Crippen molar-refractivity contribution in [2.45, 2.75) is 31.4 Å². The van der Waals surface area contributed by atoms with E-state index in [0.717, 1.165) is 37.1 Å². The van der Waals surface area contributed by atoms with Gasteiger partial charge in [-0.25, -0.2) is 4.39 Å². The number of ether oxygens (including phenoxy) is 1. The second kappa shape index (κ2) is 4.86. The van der Waals surface area contributed by atoms with E-state index in [0.29, 0.717) is 12.0 Å². The average molecular weight is 251 g/mol. The summed E-state index contributed by atoms with van der Waals surface area (Å²) in [5.41, 5.74) is 1.92. The van der Waals surface area contributed by atoms with E-state index in [1.807, 2.05) is 0 Å². The second-order valence-corrected chi connectivity index (χ2v) is 5.09. The highest BCUT2D eigenvalue weighted by atomic mass is 19.1. The average Bonchev–Trinajstić information content (AvgIpc) is 2.86. The minimum absolute atomic E-state index is 0.0145. The van der Waals surface area contributed by atoms with Crippen molar-refractivity contribution in [1.82, 2.24) is 0 Å². The third-order valence-electron chi connectivity index (χ3n) is 3.99. The van der Waals surface area contributed by atoms with Crippen molar-refractivity contribution >= 4 is 5.69 Å². The molecule has 3 rings (SSSR count). The first-order valence-electron chi connectivity index (χ1n) is 6.58. The van der Waals surface area contributed by atoms with Crippen LogP contribution in [0.2, 0.25) is 0 Å². The van der Waals surface area contributed by atoms with Gasteiger partial charge in [-0.2, -0.15) is 0 Å². The van der Waals surface area contributed by atoms with Crippen molar-refractivity contribution < 1.29 is 14.2 Å². The van der Waals surface area contributed by atoms with Gasteiger partial charge in [-0.15, -0.1) is 0 Å². The molecule has 1 aromatic rings. The Balaban J connectivity index is 1.89. The molecule has 98 valence electrons. The van der Waals surface area contributed by atoms with Crippen molar-refractivity contribution in [1.29, 1.82) is 0 Å². The summed E-state index contributed by atoms with van der Waals surface area (Å²) in [6.07, 6.45) is 2.74. The second-order valence-electron chi connectivity index (χ2n) is 5.09. The molecule has 0 aromatic heterocycles.